The lowest BCUT2D eigenvalue weighted by molar-refractivity contribution is 0.112. The molecule has 0 N–H and O–H groups in total. The first-order valence-corrected chi connectivity index (χ1v) is 12.7. The third kappa shape index (κ3) is 3.89. The summed E-state index contributed by atoms with van der Waals surface area (Å²) >= 11 is 6.51. The molecule has 0 bridgehead atoms. The Morgan fingerprint density at radius 2 is 1.32 bits per heavy atom. The molecule has 1 aliphatic rings. The van der Waals surface area contributed by atoms with Gasteiger partial charge in [-0.25, -0.2) is 9.67 Å². The molecule has 3 heterocycles. The molecule has 5 aromatic rings. The third-order valence-electron chi connectivity index (χ3n) is 6.96. The molecule has 0 aliphatic carbocycles. The summed E-state index contributed by atoms with van der Waals surface area (Å²) in [7, 11) is 0. The van der Waals surface area contributed by atoms with Crippen LogP contribution in [0.1, 0.15) is 27.2 Å². The molecule has 7 heteroatoms. The zero-order valence-electron chi connectivity index (χ0n) is 20.1. The number of halogens is 1. The van der Waals surface area contributed by atoms with E-state index in [2.05, 4.69) is 46.3 Å². The SMILES string of the molecule is O=Cc1nc(Cl)cc2c1c(N1CCOCC1)nn2C(c1ccccc1)(c1ccccc1)c1ccccc1. The minimum atomic E-state index is -0.850. The van der Waals surface area contributed by atoms with Crippen LogP contribution in [0.25, 0.3) is 10.9 Å². The highest BCUT2D eigenvalue weighted by molar-refractivity contribution is 6.30. The molecule has 0 amide bonds. The van der Waals surface area contributed by atoms with Crippen LogP contribution in [0.4, 0.5) is 5.82 Å². The molecule has 37 heavy (non-hydrogen) atoms. The maximum absolute atomic E-state index is 12.3. The van der Waals surface area contributed by atoms with Gasteiger partial charge in [0.1, 0.15) is 16.4 Å². The Labute approximate surface area is 220 Å². The highest BCUT2D eigenvalue weighted by Gasteiger charge is 2.42. The minimum Gasteiger partial charge on any atom is -0.378 e. The molecule has 0 unspecified atom stereocenters. The fraction of sp³-hybridized carbons (Fsp3) is 0.167. The lowest BCUT2D eigenvalue weighted by Crippen LogP contribution is -2.40. The van der Waals surface area contributed by atoms with E-state index in [1.54, 1.807) is 0 Å². The van der Waals surface area contributed by atoms with Crippen LogP contribution < -0.4 is 4.90 Å². The van der Waals surface area contributed by atoms with Gasteiger partial charge in [-0.3, -0.25) is 4.79 Å². The van der Waals surface area contributed by atoms with E-state index in [-0.39, 0.29) is 10.8 Å². The first kappa shape index (κ1) is 23.4. The number of carbonyl (C=O) groups excluding carboxylic acids is 1. The Hall–Kier alpha value is -4.00. The number of anilines is 1. The van der Waals surface area contributed by atoms with E-state index < -0.39 is 5.54 Å². The van der Waals surface area contributed by atoms with E-state index in [4.69, 9.17) is 21.4 Å². The predicted molar refractivity (Wildman–Crippen MR) is 146 cm³/mol. The van der Waals surface area contributed by atoms with Crippen LogP contribution in [0.5, 0.6) is 0 Å². The molecule has 1 saturated heterocycles. The van der Waals surface area contributed by atoms with Crippen molar-refractivity contribution in [3.05, 3.63) is 125 Å². The summed E-state index contributed by atoms with van der Waals surface area (Å²) in [5, 5.41) is 6.23. The molecule has 0 saturated carbocycles. The standard InChI is InChI=1S/C30H25ClN4O2/c31-27-20-26-28(25(21-36)32-27)29(34-16-18-37-19-17-34)33-35(26)30(22-10-4-1-5-11-22,23-12-6-2-7-13-23)24-14-8-3-9-15-24/h1-15,20-21H,16-19H2. The van der Waals surface area contributed by atoms with Crippen molar-refractivity contribution < 1.29 is 9.53 Å². The molecule has 0 spiro atoms. The molecule has 6 rings (SSSR count). The van der Waals surface area contributed by atoms with E-state index in [1.807, 2.05) is 65.3 Å². The molecule has 0 radical (unpaired) electrons. The van der Waals surface area contributed by atoms with Crippen LogP contribution >= 0.6 is 11.6 Å². The lowest BCUT2D eigenvalue weighted by atomic mass is 9.77. The van der Waals surface area contributed by atoms with Gasteiger partial charge in [0.05, 0.1) is 24.1 Å². The molecule has 2 aromatic heterocycles. The monoisotopic (exact) mass is 508 g/mol. The topological polar surface area (TPSA) is 60.3 Å². The zero-order valence-corrected chi connectivity index (χ0v) is 20.9. The molecule has 0 atom stereocenters. The quantitative estimate of drug-likeness (QED) is 0.170. The van der Waals surface area contributed by atoms with Crippen LogP contribution in [0.3, 0.4) is 0 Å². The van der Waals surface area contributed by atoms with Gasteiger partial charge < -0.3 is 9.64 Å². The molecule has 6 nitrogen and oxygen atoms in total. The number of aromatic nitrogens is 3. The minimum absolute atomic E-state index is 0.243. The number of fused-ring (bicyclic) bond motifs is 1. The third-order valence-corrected chi connectivity index (χ3v) is 7.15. The van der Waals surface area contributed by atoms with Crippen molar-refractivity contribution in [2.45, 2.75) is 5.54 Å². The second-order valence-electron chi connectivity index (χ2n) is 8.99. The summed E-state index contributed by atoms with van der Waals surface area (Å²) in [4.78, 5) is 18.8. The van der Waals surface area contributed by atoms with Gasteiger partial charge in [0.2, 0.25) is 0 Å². The number of carbonyl (C=O) groups is 1. The fourth-order valence-electron chi connectivity index (χ4n) is 5.36. The molecule has 3 aromatic carbocycles. The van der Waals surface area contributed by atoms with Crippen LogP contribution in [-0.4, -0.2) is 47.4 Å². The van der Waals surface area contributed by atoms with Crippen molar-refractivity contribution in [3.63, 3.8) is 0 Å². The molecule has 1 aliphatic heterocycles. The molecular weight excluding hydrogens is 484 g/mol. The average molecular weight is 509 g/mol. The summed E-state index contributed by atoms with van der Waals surface area (Å²) in [6.07, 6.45) is 0.763. The number of hydrogen-bond acceptors (Lipinski definition) is 5. The van der Waals surface area contributed by atoms with E-state index in [0.29, 0.717) is 37.5 Å². The van der Waals surface area contributed by atoms with Gasteiger partial charge in [0.25, 0.3) is 0 Å². The average Bonchev–Trinajstić information content (AvgIpc) is 3.35. The van der Waals surface area contributed by atoms with Crippen molar-refractivity contribution in [3.8, 4) is 0 Å². The van der Waals surface area contributed by atoms with Crippen molar-refractivity contribution >= 4 is 34.6 Å². The highest BCUT2D eigenvalue weighted by Crippen LogP contribution is 2.44. The number of aldehydes is 1. The summed E-state index contributed by atoms with van der Waals surface area (Å²) in [5.41, 5.74) is 3.26. The maximum atomic E-state index is 12.3. The van der Waals surface area contributed by atoms with Gasteiger partial charge in [-0.15, -0.1) is 0 Å². The van der Waals surface area contributed by atoms with E-state index >= 15 is 0 Å². The molecular formula is C30H25ClN4O2. The van der Waals surface area contributed by atoms with Gasteiger partial charge in [0, 0.05) is 19.2 Å². The number of pyridine rings is 1. The van der Waals surface area contributed by atoms with Gasteiger partial charge in [0.15, 0.2) is 12.1 Å². The smallest absolute Gasteiger partial charge is 0.169 e. The summed E-state index contributed by atoms with van der Waals surface area (Å²) in [5.74, 6) is 0.705. The van der Waals surface area contributed by atoms with Gasteiger partial charge in [-0.1, -0.05) is 103 Å². The Kier molecular flexibility index (Phi) is 6.20. The van der Waals surface area contributed by atoms with Crippen LogP contribution in [-0.2, 0) is 10.3 Å². The van der Waals surface area contributed by atoms with Crippen molar-refractivity contribution in [1.29, 1.82) is 0 Å². The number of rotatable bonds is 6. The van der Waals surface area contributed by atoms with Crippen LogP contribution in [0.2, 0.25) is 5.15 Å². The van der Waals surface area contributed by atoms with Crippen LogP contribution in [0, 0.1) is 0 Å². The summed E-state index contributed by atoms with van der Waals surface area (Å²) < 4.78 is 7.63. The Morgan fingerprint density at radius 1 is 0.811 bits per heavy atom. The Morgan fingerprint density at radius 3 is 1.81 bits per heavy atom. The van der Waals surface area contributed by atoms with Crippen molar-refractivity contribution in [2.24, 2.45) is 0 Å². The van der Waals surface area contributed by atoms with Crippen molar-refractivity contribution in [2.75, 3.05) is 31.2 Å². The van der Waals surface area contributed by atoms with E-state index in [1.165, 1.54) is 0 Å². The van der Waals surface area contributed by atoms with Gasteiger partial charge in [-0.2, -0.15) is 5.10 Å². The largest absolute Gasteiger partial charge is 0.378 e. The number of morpholine rings is 1. The first-order chi connectivity index (χ1) is 18.2. The molecule has 1 fully saturated rings. The van der Waals surface area contributed by atoms with E-state index in [0.717, 1.165) is 28.5 Å². The Balaban J connectivity index is 1.79. The number of benzene rings is 3. The van der Waals surface area contributed by atoms with E-state index in [9.17, 15) is 4.79 Å². The lowest BCUT2D eigenvalue weighted by Gasteiger charge is -2.37. The Bertz CT molecular complexity index is 1440. The number of hydrogen-bond donors (Lipinski definition) is 0. The normalized spacial score (nSPS) is 14.1. The number of ether oxygens (including phenoxy) is 1. The highest BCUT2D eigenvalue weighted by atomic mass is 35.5. The van der Waals surface area contributed by atoms with Gasteiger partial charge in [-0.05, 0) is 16.7 Å². The van der Waals surface area contributed by atoms with Gasteiger partial charge >= 0.3 is 0 Å². The second-order valence-corrected chi connectivity index (χ2v) is 9.37. The summed E-state index contributed by atoms with van der Waals surface area (Å²) in [6.45, 7) is 2.52. The van der Waals surface area contributed by atoms with Crippen LogP contribution in [0.15, 0.2) is 97.1 Å². The first-order valence-electron chi connectivity index (χ1n) is 12.3. The predicted octanol–water partition coefficient (Wildman–Crippen LogP) is 5.57. The maximum Gasteiger partial charge on any atom is 0.169 e. The van der Waals surface area contributed by atoms with Crippen molar-refractivity contribution in [1.82, 2.24) is 14.8 Å². The second kappa shape index (κ2) is 9.81. The molecule has 184 valence electrons. The summed E-state index contributed by atoms with van der Waals surface area (Å²) in [6, 6.07) is 32.8. The zero-order chi connectivity index (χ0) is 25.2. The number of nitrogens with zero attached hydrogens (tertiary/aromatic N) is 4. The fourth-order valence-corrected chi connectivity index (χ4v) is 5.55.